The van der Waals surface area contributed by atoms with E-state index in [1.807, 2.05) is 6.92 Å². The first-order valence-electron chi connectivity index (χ1n) is 9.50. The maximum atomic E-state index is 14.1. The highest BCUT2D eigenvalue weighted by molar-refractivity contribution is 7.20. The van der Waals surface area contributed by atoms with E-state index in [1.165, 1.54) is 28.7 Å². The number of hydrogen-bond acceptors (Lipinski definition) is 6. The number of aromatic nitrogens is 2. The molecule has 0 bridgehead atoms. The third kappa shape index (κ3) is 4.14. The van der Waals surface area contributed by atoms with Gasteiger partial charge in [0.25, 0.3) is 11.5 Å². The average molecular weight is 434 g/mol. The summed E-state index contributed by atoms with van der Waals surface area (Å²) in [6.07, 6.45) is 1.50. The number of fused-ring (bicyclic) bond motifs is 1. The van der Waals surface area contributed by atoms with Gasteiger partial charge in [-0.25, -0.2) is 9.18 Å². The zero-order chi connectivity index (χ0) is 21.8. The van der Waals surface area contributed by atoms with Gasteiger partial charge in [0.15, 0.2) is 5.69 Å². The Bertz CT molecular complexity index is 1180. The number of halogens is 1. The fourth-order valence-corrected chi connectivity index (χ4v) is 4.16. The predicted molar refractivity (Wildman–Crippen MR) is 116 cm³/mol. The van der Waals surface area contributed by atoms with Gasteiger partial charge in [0.1, 0.15) is 11.6 Å². The Morgan fingerprint density at radius 3 is 2.80 bits per heavy atom. The minimum atomic E-state index is -0.762. The van der Waals surface area contributed by atoms with E-state index in [2.05, 4.69) is 4.98 Å². The van der Waals surface area contributed by atoms with Crippen LogP contribution >= 0.6 is 11.3 Å². The number of nitrogens with one attached hydrogen (secondary N) is 1. The number of ether oxygens (including phenoxy) is 1. The third-order valence-electron chi connectivity index (χ3n) is 4.70. The molecule has 2 aromatic heterocycles. The Morgan fingerprint density at radius 1 is 1.37 bits per heavy atom. The first-order valence-corrected chi connectivity index (χ1v) is 10.3. The van der Waals surface area contributed by atoms with Gasteiger partial charge in [-0.3, -0.25) is 24.0 Å². The minimum Gasteiger partial charge on any atom is -0.383 e. The molecule has 30 heavy (non-hydrogen) atoms. The predicted octanol–water partition coefficient (Wildman–Crippen LogP) is 2.57. The van der Waals surface area contributed by atoms with E-state index >= 15 is 0 Å². The molecular weight excluding hydrogens is 411 g/mol. The Balaban J connectivity index is 2.12. The maximum Gasteiger partial charge on any atom is 0.330 e. The van der Waals surface area contributed by atoms with Crippen LogP contribution in [0.2, 0.25) is 0 Å². The number of thiophene rings is 1. The molecule has 0 atom stereocenters. The van der Waals surface area contributed by atoms with Crippen LogP contribution in [0.1, 0.15) is 29.4 Å². The zero-order valence-electron chi connectivity index (χ0n) is 16.7. The first-order chi connectivity index (χ1) is 14.4. The molecule has 3 rings (SSSR count). The lowest BCUT2D eigenvalue weighted by Gasteiger charge is -2.23. The molecule has 0 saturated heterocycles. The molecule has 0 unspecified atom stereocenters. The van der Waals surface area contributed by atoms with Gasteiger partial charge in [0.05, 0.1) is 11.5 Å². The lowest BCUT2D eigenvalue weighted by Crippen LogP contribution is -2.42. The van der Waals surface area contributed by atoms with Crippen LogP contribution in [0.5, 0.6) is 0 Å². The second-order valence-electron chi connectivity index (χ2n) is 6.71. The Kier molecular flexibility index (Phi) is 6.68. The summed E-state index contributed by atoms with van der Waals surface area (Å²) in [7, 11) is 1.47. The third-order valence-corrected chi connectivity index (χ3v) is 5.79. The highest BCUT2D eigenvalue weighted by Crippen LogP contribution is 2.30. The van der Waals surface area contributed by atoms with Crippen molar-refractivity contribution in [3.8, 4) is 0 Å². The highest BCUT2D eigenvalue weighted by atomic mass is 32.1. The molecule has 8 nitrogen and oxygen atoms in total. The number of amides is 1. The Hall–Kier alpha value is -2.98. The second kappa shape index (κ2) is 9.23. The van der Waals surface area contributed by atoms with E-state index < -0.39 is 23.0 Å². The van der Waals surface area contributed by atoms with Crippen LogP contribution in [0.4, 0.5) is 15.9 Å². The van der Waals surface area contributed by atoms with Gasteiger partial charge in [-0.15, -0.1) is 11.3 Å². The van der Waals surface area contributed by atoms with E-state index in [0.717, 1.165) is 17.8 Å². The number of nitrogens with zero attached hydrogens (tertiary/aromatic N) is 2. The number of carbonyl (C=O) groups excluding carboxylic acids is 1. The molecule has 2 heterocycles. The molecule has 0 aliphatic carbocycles. The normalized spacial score (nSPS) is 11.2. The van der Waals surface area contributed by atoms with E-state index in [-0.39, 0.29) is 29.5 Å². The number of rotatable bonds is 8. The number of nitrogen functional groups attached to an aromatic ring is 1. The lowest BCUT2D eigenvalue weighted by atomic mass is 10.2. The van der Waals surface area contributed by atoms with Crippen molar-refractivity contribution < 1.29 is 13.9 Å². The van der Waals surface area contributed by atoms with Crippen LogP contribution in [0.25, 0.3) is 10.1 Å². The van der Waals surface area contributed by atoms with E-state index in [9.17, 15) is 18.8 Å². The van der Waals surface area contributed by atoms with E-state index in [4.69, 9.17) is 10.5 Å². The minimum absolute atomic E-state index is 0.0331. The maximum absolute atomic E-state index is 14.1. The molecule has 0 fully saturated rings. The van der Waals surface area contributed by atoms with Crippen molar-refractivity contribution in [3.63, 3.8) is 0 Å². The summed E-state index contributed by atoms with van der Waals surface area (Å²) in [6.45, 7) is 2.44. The topological polar surface area (TPSA) is 110 Å². The van der Waals surface area contributed by atoms with Crippen LogP contribution in [0.3, 0.4) is 0 Å². The standard InChI is InChI=1S/C20H23FN4O4S/c1-3-4-8-25-17(22)16(18(26)23-20(25)28)24(9-10-29-2)19(27)15-11-12-13(21)6-5-7-14(12)30-15/h5-7,11H,3-4,8-10,22H2,1-2H3,(H,23,26,28). The highest BCUT2D eigenvalue weighted by Gasteiger charge is 2.26. The molecule has 0 aliphatic heterocycles. The zero-order valence-corrected chi connectivity index (χ0v) is 17.6. The fourth-order valence-electron chi connectivity index (χ4n) is 3.14. The van der Waals surface area contributed by atoms with Crippen molar-refractivity contribution in [1.29, 1.82) is 0 Å². The molecule has 1 aromatic carbocycles. The summed E-state index contributed by atoms with van der Waals surface area (Å²) < 4.78 is 21.0. The number of methoxy groups -OCH3 is 1. The number of aromatic amines is 1. The van der Waals surface area contributed by atoms with Gasteiger partial charge in [0, 0.05) is 30.3 Å². The molecule has 160 valence electrons. The van der Waals surface area contributed by atoms with E-state index in [0.29, 0.717) is 23.1 Å². The Morgan fingerprint density at radius 2 is 2.13 bits per heavy atom. The quantitative estimate of drug-likeness (QED) is 0.566. The molecule has 0 spiro atoms. The molecule has 3 aromatic rings. The fraction of sp³-hybridized carbons (Fsp3) is 0.350. The van der Waals surface area contributed by atoms with Gasteiger partial charge in [-0.2, -0.15) is 0 Å². The summed E-state index contributed by atoms with van der Waals surface area (Å²) >= 11 is 1.12. The van der Waals surface area contributed by atoms with Gasteiger partial charge >= 0.3 is 5.69 Å². The molecule has 0 radical (unpaired) electrons. The van der Waals surface area contributed by atoms with Gasteiger partial charge in [-0.05, 0) is 24.6 Å². The first kappa shape index (κ1) is 21.7. The van der Waals surface area contributed by atoms with Crippen LogP contribution in [-0.2, 0) is 11.3 Å². The van der Waals surface area contributed by atoms with Gasteiger partial charge in [-0.1, -0.05) is 19.4 Å². The number of nitrogens with two attached hydrogens (primary N) is 1. The molecule has 0 saturated carbocycles. The monoisotopic (exact) mass is 434 g/mol. The summed E-state index contributed by atoms with van der Waals surface area (Å²) in [5.74, 6) is -1.05. The molecular formula is C20H23FN4O4S. The van der Waals surface area contributed by atoms with Crippen LogP contribution < -0.4 is 21.9 Å². The summed E-state index contributed by atoms with van der Waals surface area (Å²) in [5, 5.41) is 0.326. The van der Waals surface area contributed by atoms with E-state index in [1.54, 1.807) is 12.1 Å². The molecule has 1 amide bonds. The van der Waals surface area contributed by atoms with Crippen LogP contribution in [-0.4, -0.2) is 35.7 Å². The number of H-pyrrole nitrogens is 1. The van der Waals surface area contributed by atoms with Crippen LogP contribution in [0, 0.1) is 5.82 Å². The van der Waals surface area contributed by atoms with Gasteiger partial charge < -0.3 is 10.5 Å². The number of hydrogen-bond donors (Lipinski definition) is 2. The largest absolute Gasteiger partial charge is 0.383 e. The smallest absolute Gasteiger partial charge is 0.330 e. The van der Waals surface area contributed by atoms with Crippen molar-refractivity contribution in [2.45, 2.75) is 26.3 Å². The SMILES string of the molecule is CCCCn1c(N)c(N(CCOC)C(=O)c2cc3c(F)cccc3s2)c(=O)[nH]c1=O. The van der Waals surface area contributed by atoms with Crippen molar-refractivity contribution in [3.05, 3.63) is 55.8 Å². The number of unbranched alkanes of at least 4 members (excludes halogenated alkanes) is 1. The summed E-state index contributed by atoms with van der Waals surface area (Å²) in [5.41, 5.74) is 4.66. The summed E-state index contributed by atoms with van der Waals surface area (Å²) in [4.78, 5) is 41.8. The lowest BCUT2D eigenvalue weighted by molar-refractivity contribution is 0.0979. The molecule has 3 N–H and O–H groups in total. The van der Waals surface area contributed by atoms with Crippen LogP contribution in [0.15, 0.2) is 33.9 Å². The number of carbonyl (C=O) groups is 1. The average Bonchev–Trinajstić information content (AvgIpc) is 3.15. The second-order valence-corrected chi connectivity index (χ2v) is 7.79. The van der Waals surface area contributed by atoms with Crippen molar-refractivity contribution >= 4 is 38.8 Å². The van der Waals surface area contributed by atoms with Crippen molar-refractivity contribution in [1.82, 2.24) is 9.55 Å². The number of anilines is 2. The van der Waals surface area contributed by atoms with Crippen molar-refractivity contribution in [2.75, 3.05) is 30.9 Å². The molecule has 0 aliphatic rings. The number of benzene rings is 1. The van der Waals surface area contributed by atoms with Crippen molar-refractivity contribution in [2.24, 2.45) is 0 Å². The summed E-state index contributed by atoms with van der Waals surface area (Å²) in [6, 6.07) is 6.05. The van der Waals surface area contributed by atoms with Gasteiger partial charge in [0.2, 0.25) is 0 Å². The Labute approximate surface area is 175 Å². The molecule has 10 heteroatoms.